The van der Waals surface area contributed by atoms with Crippen LogP contribution < -0.4 is 9.47 Å². The number of allylic oxidation sites excluding steroid dienone is 4. The predicted molar refractivity (Wildman–Crippen MR) is 163 cm³/mol. The lowest BCUT2D eigenvalue weighted by atomic mass is 9.63. The SMILES string of the molecule is CCCN1C2=C(C(=O)CC(C)(C)C2)C(c2ccc(OCc3cccc(Cl)c3)c(OCC)c2)C2=C1CC(C)(C)CC2=O. The average Bonchev–Trinajstić information content (AvgIpc) is 2.87. The molecule has 0 bridgehead atoms. The van der Waals surface area contributed by atoms with Crippen molar-refractivity contribution in [1.82, 2.24) is 4.90 Å². The summed E-state index contributed by atoms with van der Waals surface area (Å²) in [5.41, 5.74) is 5.38. The topological polar surface area (TPSA) is 55.8 Å². The number of benzene rings is 2. The number of hydrogen-bond acceptors (Lipinski definition) is 5. The third-order valence-electron chi connectivity index (χ3n) is 8.35. The van der Waals surface area contributed by atoms with Gasteiger partial charge in [0.05, 0.1) is 6.61 Å². The largest absolute Gasteiger partial charge is 0.490 e. The predicted octanol–water partition coefficient (Wildman–Crippen LogP) is 8.41. The minimum Gasteiger partial charge on any atom is -0.490 e. The van der Waals surface area contributed by atoms with Crippen molar-refractivity contribution in [3.8, 4) is 11.5 Å². The van der Waals surface area contributed by atoms with Crippen LogP contribution >= 0.6 is 11.6 Å². The maximum absolute atomic E-state index is 14.0. The molecule has 1 aliphatic heterocycles. The van der Waals surface area contributed by atoms with Crippen molar-refractivity contribution in [3.63, 3.8) is 0 Å². The maximum atomic E-state index is 14.0. The summed E-state index contributed by atoms with van der Waals surface area (Å²) in [6.45, 7) is 14.4. The van der Waals surface area contributed by atoms with Crippen LogP contribution in [-0.2, 0) is 16.2 Å². The van der Waals surface area contributed by atoms with Gasteiger partial charge in [-0.1, -0.05) is 64.4 Å². The molecule has 0 N–H and O–H groups in total. The van der Waals surface area contributed by atoms with E-state index in [0.29, 0.717) is 42.6 Å². The fourth-order valence-electron chi connectivity index (χ4n) is 6.75. The summed E-state index contributed by atoms with van der Waals surface area (Å²) in [5, 5.41) is 0.662. The van der Waals surface area contributed by atoms with Crippen molar-refractivity contribution in [2.24, 2.45) is 10.8 Å². The quantitative estimate of drug-likeness (QED) is 0.316. The van der Waals surface area contributed by atoms with Gasteiger partial charge in [0.15, 0.2) is 23.1 Å². The number of ketones is 2. The van der Waals surface area contributed by atoms with Gasteiger partial charge in [-0.15, -0.1) is 0 Å². The first-order chi connectivity index (χ1) is 19.4. The third kappa shape index (κ3) is 5.97. The first-order valence-electron chi connectivity index (χ1n) is 14.9. The van der Waals surface area contributed by atoms with Crippen LogP contribution in [0.5, 0.6) is 11.5 Å². The lowest BCUT2D eigenvalue weighted by molar-refractivity contribution is -0.119. The standard InChI is InChI=1S/C35H42ClNO4/c1-7-14-37-25-17-34(3,4)19-27(38)32(25)31(33-26(37)18-35(5,6)20-28(33)39)23-12-13-29(30(16-23)40-8-2)41-21-22-10-9-11-24(36)15-22/h9-13,15-16,31H,7-8,14,17-21H2,1-6H3. The highest BCUT2D eigenvalue weighted by atomic mass is 35.5. The molecule has 0 amide bonds. The van der Waals surface area contributed by atoms with Gasteiger partial charge in [0.2, 0.25) is 0 Å². The minimum absolute atomic E-state index is 0.132. The van der Waals surface area contributed by atoms with Gasteiger partial charge in [-0.2, -0.15) is 0 Å². The molecule has 0 radical (unpaired) electrons. The van der Waals surface area contributed by atoms with Gasteiger partial charge in [0, 0.05) is 52.9 Å². The lowest BCUT2D eigenvalue weighted by Crippen LogP contribution is -2.44. The molecule has 1 heterocycles. The van der Waals surface area contributed by atoms with E-state index in [1.54, 1.807) is 0 Å². The van der Waals surface area contributed by atoms with Crippen LogP contribution in [0.3, 0.4) is 0 Å². The Morgan fingerprint density at radius 2 is 1.46 bits per heavy atom. The Balaban J connectivity index is 1.63. The molecular formula is C35H42ClNO4. The summed E-state index contributed by atoms with van der Waals surface area (Å²) in [4.78, 5) is 30.3. The maximum Gasteiger partial charge on any atom is 0.162 e. The summed E-state index contributed by atoms with van der Waals surface area (Å²) in [5.74, 6) is 1.12. The van der Waals surface area contributed by atoms with Crippen molar-refractivity contribution in [3.05, 3.63) is 81.2 Å². The highest BCUT2D eigenvalue weighted by Gasteiger charge is 2.48. The highest BCUT2D eigenvalue weighted by molar-refractivity contribution is 6.30. The van der Waals surface area contributed by atoms with Gasteiger partial charge in [-0.25, -0.2) is 0 Å². The van der Waals surface area contributed by atoms with Crippen LogP contribution in [0.4, 0.5) is 0 Å². The van der Waals surface area contributed by atoms with Crippen molar-refractivity contribution < 1.29 is 19.1 Å². The van der Waals surface area contributed by atoms with E-state index in [1.165, 1.54) is 0 Å². The van der Waals surface area contributed by atoms with E-state index in [1.807, 2.05) is 49.4 Å². The second kappa shape index (κ2) is 11.3. The van der Waals surface area contributed by atoms with E-state index in [9.17, 15) is 9.59 Å². The molecule has 5 nitrogen and oxygen atoms in total. The van der Waals surface area contributed by atoms with E-state index in [4.69, 9.17) is 21.1 Å². The summed E-state index contributed by atoms with van der Waals surface area (Å²) < 4.78 is 12.3. The zero-order chi connectivity index (χ0) is 29.5. The van der Waals surface area contributed by atoms with Gasteiger partial charge < -0.3 is 14.4 Å². The Hall–Kier alpha value is -3.05. The average molecular weight is 576 g/mol. The van der Waals surface area contributed by atoms with Crippen molar-refractivity contribution in [1.29, 1.82) is 0 Å². The van der Waals surface area contributed by atoms with Crippen LogP contribution in [0, 0.1) is 10.8 Å². The van der Waals surface area contributed by atoms with Crippen LogP contribution in [0.25, 0.3) is 0 Å². The van der Waals surface area contributed by atoms with Gasteiger partial charge >= 0.3 is 0 Å². The molecule has 6 heteroatoms. The van der Waals surface area contributed by atoms with E-state index in [0.717, 1.165) is 59.5 Å². The fourth-order valence-corrected chi connectivity index (χ4v) is 6.97. The van der Waals surface area contributed by atoms with Gasteiger partial charge in [-0.3, -0.25) is 9.59 Å². The second-order valence-electron chi connectivity index (χ2n) is 13.2. The van der Waals surface area contributed by atoms with Gasteiger partial charge in [-0.05, 0) is 72.4 Å². The zero-order valence-electron chi connectivity index (χ0n) is 25.2. The molecule has 0 spiro atoms. The molecule has 2 aromatic rings. The van der Waals surface area contributed by atoms with Crippen LogP contribution in [0.1, 0.15) is 90.7 Å². The van der Waals surface area contributed by atoms with E-state index in [-0.39, 0.29) is 22.4 Å². The molecule has 2 aromatic carbocycles. The van der Waals surface area contributed by atoms with E-state index in [2.05, 4.69) is 39.5 Å². The lowest BCUT2D eigenvalue weighted by Gasteiger charge is -2.49. The smallest absolute Gasteiger partial charge is 0.162 e. The zero-order valence-corrected chi connectivity index (χ0v) is 26.0. The summed E-state index contributed by atoms with van der Waals surface area (Å²) in [6.07, 6.45) is 3.52. The molecule has 0 unspecified atom stereocenters. The molecule has 0 saturated carbocycles. The Kier molecular flexibility index (Phi) is 8.13. The molecule has 2 aliphatic carbocycles. The number of carbonyl (C=O) groups excluding carboxylic acids is 2. The van der Waals surface area contributed by atoms with Crippen LogP contribution in [0.15, 0.2) is 65.0 Å². The summed E-state index contributed by atoms with van der Waals surface area (Å²) in [6, 6.07) is 13.5. The number of halogens is 1. The normalized spacial score (nSPS) is 20.2. The molecule has 0 atom stereocenters. The molecule has 0 aromatic heterocycles. The number of nitrogens with zero attached hydrogens (tertiary/aromatic N) is 1. The van der Waals surface area contributed by atoms with Gasteiger partial charge in [0.1, 0.15) is 6.61 Å². The van der Waals surface area contributed by atoms with Crippen molar-refractivity contribution >= 4 is 23.2 Å². The summed E-state index contributed by atoms with van der Waals surface area (Å²) in [7, 11) is 0. The molecular weight excluding hydrogens is 534 g/mol. The van der Waals surface area contributed by atoms with Gasteiger partial charge in [0.25, 0.3) is 0 Å². The molecule has 41 heavy (non-hydrogen) atoms. The number of ether oxygens (including phenoxy) is 2. The molecule has 0 fully saturated rings. The molecule has 5 rings (SSSR count). The minimum atomic E-state index is -0.401. The number of rotatable bonds is 8. The Morgan fingerprint density at radius 1 is 0.829 bits per heavy atom. The monoisotopic (exact) mass is 575 g/mol. The van der Waals surface area contributed by atoms with Crippen LogP contribution in [0.2, 0.25) is 5.02 Å². The Bertz CT molecular complexity index is 1380. The first-order valence-corrected chi connectivity index (χ1v) is 15.2. The highest BCUT2D eigenvalue weighted by Crippen LogP contribution is 2.55. The third-order valence-corrected chi connectivity index (χ3v) is 8.59. The molecule has 218 valence electrons. The second-order valence-corrected chi connectivity index (χ2v) is 13.7. The van der Waals surface area contributed by atoms with Crippen molar-refractivity contribution in [2.75, 3.05) is 13.2 Å². The van der Waals surface area contributed by atoms with E-state index < -0.39 is 5.92 Å². The number of hydrogen-bond donors (Lipinski definition) is 0. The van der Waals surface area contributed by atoms with Crippen LogP contribution in [-0.4, -0.2) is 29.6 Å². The fraction of sp³-hybridized carbons (Fsp3) is 0.486. The first kappa shape index (κ1) is 29.4. The Morgan fingerprint density at radius 3 is 2.02 bits per heavy atom. The number of Topliss-reactive ketones (excluding diaryl/α,β-unsaturated/α-hetero) is 2. The van der Waals surface area contributed by atoms with Crippen molar-refractivity contribution in [2.45, 2.75) is 86.2 Å². The molecule has 3 aliphatic rings. The molecule has 0 saturated heterocycles. The summed E-state index contributed by atoms with van der Waals surface area (Å²) >= 11 is 6.17. The number of carbonyl (C=O) groups is 2. The Labute approximate surface area is 249 Å². The van der Waals surface area contributed by atoms with E-state index >= 15 is 0 Å².